The summed E-state index contributed by atoms with van der Waals surface area (Å²) in [5.74, 6) is -0.927. The van der Waals surface area contributed by atoms with Crippen LogP contribution in [0.25, 0.3) is 0 Å². The predicted octanol–water partition coefficient (Wildman–Crippen LogP) is 4.20. The molecule has 0 aliphatic heterocycles. The van der Waals surface area contributed by atoms with Gasteiger partial charge in [0.15, 0.2) is 0 Å². The lowest BCUT2D eigenvalue weighted by atomic mass is 9.98. The zero-order valence-electron chi connectivity index (χ0n) is 10.3. The van der Waals surface area contributed by atoms with Crippen LogP contribution in [-0.4, -0.2) is 5.11 Å². The van der Waals surface area contributed by atoms with Gasteiger partial charge in [-0.1, -0.05) is 23.7 Å². The lowest BCUT2D eigenvalue weighted by Gasteiger charge is -2.13. The Morgan fingerprint density at radius 2 is 1.89 bits per heavy atom. The van der Waals surface area contributed by atoms with Crippen molar-refractivity contribution in [3.05, 3.63) is 69.7 Å². The third kappa shape index (κ3) is 3.31. The van der Waals surface area contributed by atoms with Crippen molar-refractivity contribution in [3.8, 4) is 0 Å². The van der Waals surface area contributed by atoms with E-state index in [1.807, 2.05) is 6.92 Å². The topological polar surface area (TPSA) is 20.2 Å². The normalized spacial score (nSPS) is 12.5. The summed E-state index contributed by atoms with van der Waals surface area (Å²) in [6, 6.07) is 8.55. The van der Waals surface area contributed by atoms with Crippen LogP contribution in [0.2, 0.25) is 5.02 Å². The maximum atomic E-state index is 13.3. The Hall–Kier alpha value is -1.45. The predicted molar refractivity (Wildman–Crippen MR) is 71.2 cm³/mol. The summed E-state index contributed by atoms with van der Waals surface area (Å²) in [4.78, 5) is 0. The smallest absolute Gasteiger partial charge is 0.142 e. The molecule has 0 saturated heterocycles. The second-order valence-electron chi connectivity index (χ2n) is 4.46. The molecule has 1 N–H and O–H groups in total. The monoisotopic (exact) mass is 282 g/mol. The van der Waals surface area contributed by atoms with E-state index >= 15 is 0 Å². The van der Waals surface area contributed by atoms with Crippen LogP contribution in [0.1, 0.15) is 22.8 Å². The fourth-order valence-electron chi connectivity index (χ4n) is 1.91. The Labute approximate surface area is 115 Å². The van der Waals surface area contributed by atoms with E-state index in [1.54, 1.807) is 12.1 Å². The van der Waals surface area contributed by atoms with Gasteiger partial charge >= 0.3 is 0 Å². The van der Waals surface area contributed by atoms with E-state index in [2.05, 4.69) is 0 Å². The first-order valence-electron chi connectivity index (χ1n) is 5.85. The molecule has 2 aromatic rings. The summed E-state index contributed by atoms with van der Waals surface area (Å²) < 4.78 is 26.5. The number of hydrogen-bond acceptors (Lipinski definition) is 1. The van der Waals surface area contributed by atoms with Crippen molar-refractivity contribution >= 4 is 11.6 Å². The molecule has 1 unspecified atom stereocenters. The van der Waals surface area contributed by atoms with Crippen molar-refractivity contribution in [2.45, 2.75) is 19.4 Å². The van der Waals surface area contributed by atoms with Gasteiger partial charge in [-0.15, -0.1) is 0 Å². The third-order valence-electron chi connectivity index (χ3n) is 3.05. The van der Waals surface area contributed by atoms with Gasteiger partial charge in [-0.3, -0.25) is 0 Å². The molecule has 0 spiro atoms. The minimum Gasteiger partial charge on any atom is -0.388 e. The summed E-state index contributed by atoms with van der Waals surface area (Å²) in [7, 11) is 0. The molecular formula is C15H13ClF2O. The van der Waals surface area contributed by atoms with Crippen LogP contribution >= 0.6 is 11.6 Å². The second kappa shape index (κ2) is 5.68. The first-order chi connectivity index (χ1) is 8.97. The first kappa shape index (κ1) is 14.0. The molecule has 4 heteroatoms. The van der Waals surface area contributed by atoms with Gasteiger partial charge in [-0.05, 0) is 47.9 Å². The summed E-state index contributed by atoms with van der Waals surface area (Å²) in [6.07, 6.45) is -0.669. The number of hydrogen-bond donors (Lipinski definition) is 1. The van der Waals surface area contributed by atoms with E-state index in [1.165, 1.54) is 24.3 Å². The third-order valence-corrected chi connectivity index (χ3v) is 3.36. The number of aliphatic hydroxyl groups is 1. The molecule has 0 saturated carbocycles. The lowest BCUT2D eigenvalue weighted by molar-refractivity contribution is 0.177. The van der Waals surface area contributed by atoms with E-state index in [9.17, 15) is 13.9 Å². The maximum absolute atomic E-state index is 13.3. The average molecular weight is 283 g/mol. The number of aliphatic hydroxyl groups excluding tert-OH is 1. The quantitative estimate of drug-likeness (QED) is 0.894. The van der Waals surface area contributed by atoms with Gasteiger partial charge in [0.05, 0.1) is 11.1 Å². The molecule has 100 valence electrons. The van der Waals surface area contributed by atoms with Crippen molar-refractivity contribution in [2.75, 3.05) is 0 Å². The molecule has 0 bridgehead atoms. The van der Waals surface area contributed by atoms with Crippen LogP contribution in [-0.2, 0) is 6.42 Å². The number of benzene rings is 2. The van der Waals surface area contributed by atoms with Crippen molar-refractivity contribution in [3.63, 3.8) is 0 Å². The van der Waals surface area contributed by atoms with Crippen LogP contribution < -0.4 is 0 Å². The zero-order valence-corrected chi connectivity index (χ0v) is 11.1. The highest BCUT2D eigenvalue weighted by atomic mass is 35.5. The molecule has 0 fully saturated rings. The number of aryl methyl sites for hydroxylation is 1. The van der Waals surface area contributed by atoms with E-state index in [0.717, 1.165) is 5.56 Å². The summed E-state index contributed by atoms with van der Waals surface area (Å²) in [5.41, 5.74) is 2.00. The molecule has 0 heterocycles. The van der Waals surface area contributed by atoms with Crippen LogP contribution in [0.15, 0.2) is 36.4 Å². The molecule has 2 rings (SSSR count). The maximum Gasteiger partial charge on any atom is 0.142 e. The molecule has 19 heavy (non-hydrogen) atoms. The Kier molecular flexibility index (Phi) is 4.17. The van der Waals surface area contributed by atoms with Gasteiger partial charge in [-0.2, -0.15) is 0 Å². The highest BCUT2D eigenvalue weighted by molar-refractivity contribution is 6.30. The van der Waals surface area contributed by atoms with Crippen LogP contribution in [0.4, 0.5) is 8.78 Å². The minimum atomic E-state index is -0.896. The number of halogens is 3. The SMILES string of the molecule is Cc1ccc(F)cc1CC(O)c1ccc(Cl)c(F)c1. The van der Waals surface area contributed by atoms with Gasteiger partial charge in [0, 0.05) is 6.42 Å². The fourth-order valence-corrected chi connectivity index (χ4v) is 2.02. The Morgan fingerprint density at radius 1 is 1.16 bits per heavy atom. The molecule has 0 radical (unpaired) electrons. The van der Waals surface area contributed by atoms with Crippen molar-refractivity contribution in [1.29, 1.82) is 0 Å². The average Bonchev–Trinajstić information content (AvgIpc) is 2.37. The molecule has 2 aromatic carbocycles. The molecule has 0 aliphatic carbocycles. The van der Waals surface area contributed by atoms with E-state index in [-0.39, 0.29) is 17.3 Å². The van der Waals surface area contributed by atoms with Gasteiger partial charge in [0.25, 0.3) is 0 Å². The van der Waals surface area contributed by atoms with Gasteiger partial charge < -0.3 is 5.11 Å². The highest BCUT2D eigenvalue weighted by Crippen LogP contribution is 2.24. The molecule has 0 amide bonds. The zero-order chi connectivity index (χ0) is 14.0. The van der Waals surface area contributed by atoms with Crippen LogP contribution in [0, 0.1) is 18.6 Å². The molecule has 0 aliphatic rings. The van der Waals surface area contributed by atoms with E-state index < -0.39 is 11.9 Å². The summed E-state index contributed by atoms with van der Waals surface area (Å²) in [6.45, 7) is 1.84. The van der Waals surface area contributed by atoms with Gasteiger partial charge in [0.2, 0.25) is 0 Å². The molecule has 1 nitrogen and oxygen atoms in total. The molecule has 1 atom stereocenters. The van der Waals surface area contributed by atoms with Crippen LogP contribution in [0.3, 0.4) is 0 Å². The fraction of sp³-hybridized carbons (Fsp3) is 0.200. The Balaban J connectivity index is 2.22. The Bertz CT molecular complexity index is 599. The van der Waals surface area contributed by atoms with Crippen LogP contribution in [0.5, 0.6) is 0 Å². The van der Waals surface area contributed by atoms with Gasteiger partial charge in [0.1, 0.15) is 11.6 Å². The van der Waals surface area contributed by atoms with Crippen molar-refractivity contribution in [2.24, 2.45) is 0 Å². The minimum absolute atomic E-state index is 0.0119. The van der Waals surface area contributed by atoms with E-state index in [0.29, 0.717) is 11.1 Å². The largest absolute Gasteiger partial charge is 0.388 e. The second-order valence-corrected chi connectivity index (χ2v) is 4.87. The molecular weight excluding hydrogens is 270 g/mol. The van der Waals surface area contributed by atoms with Crippen molar-refractivity contribution in [1.82, 2.24) is 0 Å². The summed E-state index contributed by atoms with van der Waals surface area (Å²) in [5, 5.41) is 10.1. The standard InChI is InChI=1S/C15H13ClF2O/c1-9-2-4-12(17)6-11(9)8-15(19)10-3-5-13(16)14(18)7-10/h2-7,15,19H,8H2,1H3. The van der Waals surface area contributed by atoms with Gasteiger partial charge in [-0.25, -0.2) is 8.78 Å². The first-order valence-corrected chi connectivity index (χ1v) is 6.23. The highest BCUT2D eigenvalue weighted by Gasteiger charge is 2.12. The number of rotatable bonds is 3. The Morgan fingerprint density at radius 3 is 2.58 bits per heavy atom. The van der Waals surface area contributed by atoms with Crippen molar-refractivity contribution < 1.29 is 13.9 Å². The lowest BCUT2D eigenvalue weighted by Crippen LogP contribution is -2.04. The summed E-state index contributed by atoms with van der Waals surface area (Å²) >= 11 is 5.59. The van der Waals surface area contributed by atoms with E-state index in [4.69, 9.17) is 11.6 Å². The molecule has 0 aromatic heterocycles.